The van der Waals surface area contributed by atoms with Crippen LogP contribution in [0.2, 0.25) is 0 Å². The fourth-order valence-electron chi connectivity index (χ4n) is 6.81. The molecule has 54 heavy (non-hydrogen) atoms. The molecule has 0 rings (SSSR count). The maximum absolute atomic E-state index is 12.9. The van der Waals surface area contributed by atoms with E-state index in [1.54, 1.807) is 6.08 Å². The van der Waals surface area contributed by atoms with E-state index in [1.807, 2.05) is 27.2 Å². The number of phosphoric ester groups is 1. The molecule has 0 aromatic carbocycles. The van der Waals surface area contributed by atoms with Gasteiger partial charge in [-0.2, -0.15) is 0 Å². The molecule has 0 aromatic heterocycles. The van der Waals surface area contributed by atoms with Crippen molar-refractivity contribution in [2.75, 3.05) is 40.9 Å². The highest BCUT2D eigenvalue weighted by Gasteiger charge is 2.27. The summed E-state index contributed by atoms with van der Waals surface area (Å²) >= 11 is 0. The molecular weight excluding hydrogens is 695 g/mol. The number of likely N-dealkylation sites (N-methyl/N-ethyl adjacent to an activating group) is 1. The summed E-state index contributed by atoms with van der Waals surface area (Å²) in [6.45, 7) is 4.83. The molecule has 9 heteroatoms. The van der Waals surface area contributed by atoms with Gasteiger partial charge in [-0.25, -0.2) is 4.57 Å². The quantitative estimate of drug-likeness (QED) is 0.0246. The van der Waals surface area contributed by atoms with Crippen molar-refractivity contribution >= 4 is 13.7 Å². The van der Waals surface area contributed by atoms with E-state index in [4.69, 9.17) is 9.05 Å². The Bertz CT molecular complexity index is 896. The van der Waals surface area contributed by atoms with Crippen LogP contribution in [0.15, 0.2) is 12.2 Å². The molecule has 0 saturated heterocycles. The average molecular weight is 788 g/mol. The molecule has 0 aliphatic rings. The van der Waals surface area contributed by atoms with E-state index in [1.165, 1.54) is 167 Å². The molecule has 0 heterocycles. The third kappa shape index (κ3) is 39.5. The van der Waals surface area contributed by atoms with Gasteiger partial charge in [-0.3, -0.25) is 13.8 Å². The Labute approximate surface area is 335 Å². The number of aliphatic hydroxyl groups is 1. The predicted molar refractivity (Wildman–Crippen MR) is 231 cm³/mol. The summed E-state index contributed by atoms with van der Waals surface area (Å²) in [7, 11) is 1.58. The molecule has 0 bridgehead atoms. The normalized spacial score (nSPS) is 14.4. The monoisotopic (exact) mass is 788 g/mol. The Morgan fingerprint density at radius 1 is 0.611 bits per heavy atom. The molecule has 322 valence electrons. The minimum atomic E-state index is -4.33. The van der Waals surface area contributed by atoms with E-state index in [9.17, 15) is 19.4 Å². The van der Waals surface area contributed by atoms with Crippen LogP contribution >= 0.6 is 7.82 Å². The molecule has 0 saturated carbocycles. The van der Waals surface area contributed by atoms with Crippen LogP contribution in [0.1, 0.15) is 219 Å². The molecular formula is C45H92N2O6P+. The first kappa shape index (κ1) is 53.2. The summed E-state index contributed by atoms with van der Waals surface area (Å²) in [6, 6.07) is -0.839. The molecule has 0 spiro atoms. The summed E-state index contributed by atoms with van der Waals surface area (Å²) in [5, 5.41) is 13.8. The number of phosphoric acid groups is 1. The molecule has 3 unspecified atom stereocenters. The van der Waals surface area contributed by atoms with Crippen molar-refractivity contribution in [3.05, 3.63) is 12.2 Å². The maximum Gasteiger partial charge on any atom is 0.472 e. The second-order valence-electron chi connectivity index (χ2n) is 17.1. The molecule has 1 amide bonds. The number of unbranched alkanes of at least 4 members (excludes halogenated alkanes) is 29. The summed E-state index contributed by atoms with van der Waals surface area (Å²) < 4.78 is 23.6. The number of aliphatic hydroxyl groups excluding tert-OH is 1. The highest BCUT2D eigenvalue weighted by molar-refractivity contribution is 7.47. The van der Waals surface area contributed by atoms with Crippen LogP contribution in [-0.2, 0) is 18.4 Å². The van der Waals surface area contributed by atoms with Crippen molar-refractivity contribution in [2.24, 2.45) is 0 Å². The molecule has 0 aliphatic carbocycles. The van der Waals surface area contributed by atoms with Crippen LogP contribution in [0.3, 0.4) is 0 Å². The molecule has 0 fully saturated rings. The minimum Gasteiger partial charge on any atom is -0.387 e. The standard InChI is InChI=1S/C45H91N2O6P/c1-6-8-10-12-14-16-18-20-22-24-26-28-30-32-34-36-38-44(48)43(42-53-54(50,51)52-41-40-47(3,4)5)46-45(49)39-37-35-33-31-29-27-25-23-21-19-17-15-13-11-9-7-2/h36,38,43-44,48H,6-35,37,39-42H2,1-5H3,(H-,46,49,50,51)/p+1/b38-36+. The SMILES string of the molecule is CCCCCCCCCCCCCCCC/C=C/C(O)C(COP(=O)(O)OCC[N+](C)(C)C)NC(=O)CCCCCCCCCCCCCCCCCC. The van der Waals surface area contributed by atoms with Crippen molar-refractivity contribution in [2.45, 2.75) is 231 Å². The van der Waals surface area contributed by atoms with E-state index in [-0.39, 0.29) is 19.1 Å². The van der Waals surface area contributed by atoms with E-state index in [2.05, 4.69) is 19.2 Å². The number of amides is 1. The Morgan fingerprint density at radius 3 is 1.37 bits per heavy atom. The average Bonchev–Trinajstić information content (AvgIpc) is 3.12. The third-order valence-corrected chi connectivity index (χ3v) is 11.5. The first-order valence-corrected chi connectivity index (χ1v) is 24.6. The lowest BCUT2D eigenvalue weighted by molar-refractivity contribution is -0.870. The van der Waals surface area contributed by atoms with Gasteiger partial charge in [0.2, 0.25) is 5.91 Å². The number of carbonyl (C=O) groups is 1. The lowest BCUT2D eigenvalue weighted by atomic mass is 10.0. The van der Waals surface area contributed by atoms with Gasteiger partial charge in [0.05, 0.1) is 39.9 Å². The van der Waals surface area contributed by atoms with Gasteiger partial charge in [0.1, 0.15) is 13.2 Å². The fraction of sp³-hybridized carbons (Fsp3) is 0.933. The summed E-state index contributed by atoms with van der Waals surface area (Å²) in [4.78, 5) is 23.1. The summed E-state index contributed by atoms with van der Waals surface area (Å²) in [5.74, 6) is -0.174. The van der Waals surface area contributed by atoms with Crippen molar-refractivity contribution in [1.82, 2.24) is 5.32 Å². The number of rotatable bonds is 42. The Balaban J connectivity index is 4.38. The van der Waals surface area contributed by atoms with E-state index in [0.29, 0.717) is 17.4 Å². The van der Waals surface area contributed by atoms with Crippen molar-refractivity contribution < 1.29 is 32.9 Å². The molecule has 3 atom stereocenters. The Hall–Kier alpha value is -0.760. The van der Waals surface area contributed by atoms with Gasteiger partial charge in [0.25, 0.3) is 0 Å². The second-order valence-corrected chi connectivity index (χ2v) is 18.6. The number of nitrogens with one attached hydrogen (secondary N) is 1. The fourth-order valence-corrected chi connectivity index (χ4v) is 7.54. The van der Waals surface area contributed by atoms with Crippen molar-refractivity contribution in [3.8, 4) is 0 Å². The van der Waals surface area contributed by atoms with Crippen molar-refractivity contribution in [1.29, 1.82) is 0 Å². The third-order valence-electron chi connectivity index (χ3n) is 10.5. The first-order valence-electron chi connectivity index (χ1n) is 23.1. The predicted octanol–water partition coefficient (Wildman–Crippen LogP) is 12.8. The number of carbonyl (C=O) groups excluding carboxylic acids is 1. The Kier molecular flexibility index (Phi) is 37.3. The molecule has 3 N–H and O–H groups in total. The lowest BCUT2D eigenvalue weighted by Gasteiger charge is -2.25. The zero-order valence-corrected chi connectivity index (χ0v) is 37.4. The topological polar surface area (TPSA) is 105 Å². The van der Waals surface area contributed by atoms with E-state index in [0.717, 1.165) is 32.1 Å². The summed E-state index contributed by atoms with van der Waals surface area (Å²) in [6.07, 6.45) is 42.7. The van der Waals surface area contributed by atoms with Gasteiger partial charge in [0.15, 0.2) is 0 Å². The van der Waals surface area contributed by atoms with Crippen LogP contribution < -0.4 is 5.32 Å². The first-order chi connectivity index (χ1) is 26.0. The van der Waals surface area contributed by atoms with Gasteiger partial charge >= 0.3 is 7.82 Å². The van der Waals surface area contributed by atoms with Crippen LogP contribution in [-0.4, -0.2) is 73.4 Å². The van der Waals surface area contributed by atoms with E-state index < -0.39 is 20.0 Å². The van der Waals surface area contributed by atoms with Crippen LogP contribution in [0.5, 0.6) is 0 Å². The van der Waals surface area contributed by atoms with Crippen LogP contribution in [0.4, 0.5) is 0 Å². The number of allylic oxidation sites excluding steroid dienone is 1. The summed E-state index contributed by atoms with van der Waals surface area (Å²) in [5.41, 5.74) is 0. The zero-order chi connectivity index (χ0) is 40.0. The largest absolute Gasteiger partial charge is 0.472 e. The lowest BCUT2D eigenvalue weighted by Crippen LogP contribution is -2.45. The second kappa shape index (κ2) is 37.8. The highest BCUT2D eigenvalue weighted by Crippen LogP contribution is 2.43. The van der Waals surface area contributed by atoms with Gasteiger partial charge in [-0.1, -0.05) is 206 Å². The van der Waals surface area contributed by atoms with Gasteiger partial charge in [-0.15, -0.1) is 0 Å². The molecule has 0 aliphatic heterocycles. The number of hydrogen-bond acceptors (Lipinski definition) is 5. The van der Waals surface area contributed by atoms with E-state index >= 15 is 0 Å². The maximum atomic E-state index is 12.9. The van der Waals surface area contributed by atoms with Gasteiger partial charge < -0.3 is 19.8 Å². The van der Waals surface area contributed by atoms with Gasteiger partial charge in [0, 0.05) is 6.42 Å². The molecule has 8 nitrogen and oxygen atoms in total. The molecule has 0 aromatic rings. The van der Waals surface area contributed by atoms with Gasteiger partial charge in [-0.05, 0) is 19.3 Å². The van der Waals surface area contributed by atoms with Crippen molar-refractivity contribution in [3.63, 3.8) is 0 Å². The number of quaternary nitrogens is 1. The number of nitrogens with zero attached hydrogens (tertiary/aromatic N) is 1. The zero-order valence-electron chi connectivity index (χ0n) is 36.5. The molecule has 0 radical (unpaired) electrons. The smallest absolute Gasteiger partial charge is 0.387 e. The Morgan fingerprint density at radius 2 is 0.981 bits per heavy atom. The van der Waals surface area contributed by atoms with Crippen LogP contribution in [0, 0.1) is 0 Å². The number of hydrogen-bond donors (Lipinski definition) is 3. The van der Waals surface area contributed by atoms with Crippen LogP contribution in [0.25, 0.3) is 0 Å². The highest BCUT2D eigenvalue weighted by atomic mass is 31.2. The minimum absolute atomic E-state index is 0.0647.